The maximum atomic E-state index is 12.1. The Bertz CT molecular complexity index is 647. The number of pyridine rings is 1. The van der Waals surface area contributed by atoms with E-state index < -0.39 is 0 Å². The Labute approximate surface area is 122 Å². The normalized spacial score (nSPS) is 10.3. The fourth-order valence-corrected chi connectivity index (χ4v) is 1.88. The Morgan fingerprint density at radius 3 is 2.80 bits per heavy atom. The summed E-state index contributed by atoms with van der Waals surface area (Å²) >= 11 is 4.84. The molecular formula is C13H15N5OS. The number of hydrogen-bond donors (Lipinski definition) is 2. The van der Waals surface area contributed by atoms with Gasteiger partial charge in [-0.2, -0.15) is 5.10 Å². The van der Waals surface area contributed by atoms with Gasteiger partial charge in [-0.25, -0.2) is 0 Å². The van der Waals surface area contributed by atoms with Crippen molar-refractivity contribution in [2.45, 2.75) is 13.3 Å². The molecule has 0 aliphatic heterocycles. The van der Waals surface area contributed by atoms with Gasteiger partial charge in [0, 0.05) is 25.0 Å². The topological polar surface area (TPSA) is 85.8 Å². The van der Waals surface area contributed by atoms with Gasteiger partial charge in [-0.1, -0.05) is 19.1 Å². The largest absolute Gasteiger partial charge is 0.389 e. The molecule has 0 radical (unpaired) electrons. The zero-order valence-electron chi connectivity index (χ0n) is 11.3. The first kappa shape index (κ1) is 14.1. The first-order valence-electron chi connectivity index (χ1n) is 6.11. The molecule has 2 rings (SSSR count). The van der Waals surface area contributed by atoms with Crippen LogP contribution in [0.25, 0.3) is 0 Å². The number of thiocarbonyl (C=S) groups is 1. The quantitative estimate of drug-likeness (QED) is 0.828. The Kier molecular flexibility index (Phi) is 4.09. The number of carbonyl (C=O) groups excluding carboxylic acids is 1. The zero-order valence-corrected chi connectivity index (χ0v) is 12.1. The second kappa shape index (κ2) is 5.79. The van der Waals surface area contributed by atoms with E-state index >= 15 is 0 Å². The van der Waals surface area contributed by atoms with Crippen LogP contribution in [0.15, 0.2) is 24.5 Å². The minimum Gasteiger partial charge on any atom is -0.389 e. The molecular weight excluding hydrogens is 274 g/mol. The number of nitrogens with one attached hydrogen (secondary N) is 1. The Morgan fingerprint density at radius 1 is 1.50 bits per heavy atom. The molecule has 104 valence electrons. The zero-order chi connectivity index (χ0) is 14.7. The molecule has 1 amide bonds. The molecule has 2 aromatic rings. The average molecular weight is 289 g/mol. The molecule has 0 fully saturated rings. The first-order chi connectivity index (χ1) is 9.51. The molecule has 20 heavy (non-hydrogen) atoms. The number of carbonyl (C=O) groups is 1. The third-order valence-electron chi connectivity index (χ3n) is 2.77. The number of hydrogen-bond acceptors (Lipinski definition) is 4. The van der Waals surface area contributed by atoms with Gasteiger partial charge in [0.05, 0.1) is 11.4 Å². The van der Waals surface area contributed by atoms with Gasteiger partial charge in [0.1, 0.15) is 10.7 Å². The number of nitrogens with zero attached hydrogens (tertiary/aromatic N) is 3. The number of anilines is 1. The maximum absolute atomic E-state index is 12.1. The molecule has 0 atom stereocenters. The Balaban J connectivity index is 2.17. The summed E-state index contributed by atoms with van der Waals surface area (Å²) in [6.07, 6.45) is 3.99. The van der Waals surface area contributed by atoms with E-state index in [1.165, 1.54) is 6.20 Å². The highest BCUT2D eigenvalue weighted by atomic mass is 32.1. The lowest BCUT2D eigenvalue weighted by Crippen LogP contribution is -2.16. The SMILES string of the molecule is CCc1nn(C)cc1NC(=O)c1ccc(C(N)=S)cn1. The Morgan fingerprint density at radius 2 is 2.25 bits per heavy atom. The van der Waals surface area contributed by atoms with E-state index in [2.05, 4.69) is 15.4 Å². The molecule has 2 aromatic heterocycles. The lowest BCUT2D eigenvalue weighted by Gasteiger charge is -2.04. The maximum Gasteiger partial charge on any atom is 0.274 e. The molecule has 0 aliphatic rings. The highest BCUT2D eigenvalue weighted by molar-refractivity contribution is 7.80. The van der Waals surface area contributed by atoms with E-state index in [-0.39, 0.29) is 10.9 Å². The number of rotatable bonds is 4. The van der Waals surface area contributed by atoms with Crippen molar-refractivity contribution in [3.05, 3.63) is 41.5 Å². The van der Waals surface area contributed by atoms with Crippen molar-refractivity contribution < 1.29 is 4.79 Å². The highest BCUT2D eigenvalue weighted by Gasteiger charge is 2.12. The average Bonchev–Trinajstić information content (AvgIpc) is 2.78. The molecule has 0 unspecified atom stereocenters. The summed E-state index contributed by atoms with van der Waals surface area (Å²) < 4.78 is 1.66. The van der Waals surface area contributed by atoms with Gasteiger partial charge in [0.2, 0.25) is 0 Å². The van der Waals surface area contributed by atoms with Gasteiger partial charge in [0.25, 0.3) is 5.91 Å². The van der Waals surface area contributed by atoms with Crippen LogP contribution in [0.5, 0.6) is 0 Å². The molecule has 6 nitrogen and oxygen atoms in total. The molecule has 0 bridgehead atoms. The second-order valence-corrected chi connectivity index (χ2v) is 4.71. The summed E-state index contributed by atoms with van der Waals surface area (Å²) in [5.41, 5.74) is 7.95. The van der Waals surface area contributed by atoms with Crippen molar-refractivity contribution in [2.24, 2.45) is 12.8 Å². The summed E-state index contributed by atoms with van der Waals surface area (Å²) in [5.74, 6) is -0.290. The number of amides is 1. The first-order valence-corrected chi connectivity index (χ1v) is 6.51. The van der Waals surface area contributed by atoms with Crippen LogP contribution in [-0.4, -0.2) is 25.7 Å². The fourth-order valence-electron chi connectivity index (χ4n) is 1.76. The monoisotopic (exact) mass is 289 g/mol. The molecule has 0 aliphatic carbocycles. The predicted octanol–water partition coefficient (Wildman–Crippen LogP) is 1.26. The summed E-state index contributed by atoms with van der Waals surface area (Å²) in [5, 5.41) is 7.06. The summed E-state index contributed by atoms with van der Waals surface area (Å²) in [7, 11) is 1.81. The lowest BCUT2D eigenvalue weighted by molar-refractivity contribution is 0.102. The third kappa shape index (κ3) is 3.00. The van der Waals surface area contributed by atoms with Crippen molar-refractivity contribution in [3.63, 3.8) is 0 Å². The summed E-state index contributed by atoms with van der Waals surface area (Å²) in [6, 6.07) is 3.26. The number of aromatic nitrogens is 3. The van der Waals surface area contributed by atoms with Crippen molar-refractivity contribution in [1.29, 1.82) is 0 Å². The van der Waals surface area contributed by atoms with Crippen molar-refractivity contribution in [2.75, 3.05) is 5.32 Å². The summed E-state index contributed by atoms with van der Waals surface area (Å²) in [6.45, 7) is 1.98. The molecule has 2 heterocycles. The van der Waals surface area contributed by atoms with Crippen molar-refractivity contribution in [1.82, 2.24) is 14.8 Å². The van der Waals surface area contributed by atoms with E-state index in [1.54, 1.807) is 23.0 Å². The summed E-state index contributed by atoms with van der Waals surface area (Å²) in [4.78, 5) is 16.4. The van der Waals surface area contributed by atoms with Gasteiger partial charge in [-0.15, -0.1) is 0 Å². The number of nitrogens with two attached hydrogens (primary N) is 1. The van der Waals surface area contributed by atoms with E-state index in [9.17, 15) is 4.79 Å². The van der Waals surface area contributed by atoms with Crippen molar-refractivity contribution >= 4 is 28.8 Å². The van der Waals surface area contributed by atoms with E-state index in [1.807, 2.05) is 14.0 Å². The van der Waals surface area contributed by atoms with Gasteiger partial charge in [0.15, 0.2) is 0 Å². The predicted molar refractivity (Wildman–Crippen MR) is 80.7 cm³/mol. The van der Waals surface area contributed by atoms with Gasteiger partial charge in [-0.05, 0) is 18.6 Å². The number of aryl methyl sites for hydroxylation is 2. The molecule has 7 heteroatoms. The fraction of sp³-hybridized carbons (Fsp3) is 0.231. The van der Waals surface area contributed by atoms with Crippen LogP contribution in [0, 0.1) is 0 Å². The molecule has 0 aromatic carbocycles. The minimum absolute atomic E-state index is 0.255. The molecule has 0 saturated carbocycles. The highest BCUT2D eigenvalue weighted by Crippen LogP contribution is 2.14. The third-order valence-corrected chi connectivity index (χ3v) is 3.00. The van der Waals surface area contributed by atoms with Crippen LogP contribution >= 0.6 is 12.2 Å². The van der Waals surface area contributed by atoms with Crippen LogP contribution < -0.4 is 11.1 Å². The van der Waals surface area contributed by atoms with Gasteiger partial charge < -0.3 is 11.1 Å². The molecule has 0 saturated heterocycles. The van der Waals surface area contributed by atoms with E-state index in [0.29, 0.717) is 16.9 Å². The van der Waals surface area contributed by atoms with E-state index in [4.69, 9.17) is 18.0 Å². The van der Waals surface area contributed by atoms with Crippen LogP contribution in [0.1, 0.15) is 28.7 Å². The van der Waals surface area contributed by atoms with Crippen LogP contribution in [0.2, 0.25) is 0 Å². The standard InChI is InChI=1S/C13H15N5OS/c1-3-9-11(7-18(2)17-9)16-13(19)10-5-4-8(6-15-10)12(14)20/h4-7H,3H2,1-2H3,(H2,14,20)(H,16,19). The van der Waals surface area contributed by atoms with Crippen molar-refractivity contribution in [3.8, 4) is 0 Å². The molecule has 0 spiro atoms. The minimum atomic E-state index is -0.290. The van der Waals surface area contributed by atoms with Gasteiger partial charge >= 0.3 is 0 Å². The van der Waals surface area contributed by atoms with Crippen LogP contribution in [0.4, 0.5) is 5.69 Å². The van der Waals surface area contributed by atoms with Crippen LogP contribution in [-0.2, 0) is 13.5 Å². The lowest BCUT2D eigenvalue weighted by atomic mass is 10.2. The van der Waals surface area contributed by atoms with Gasteiger partial charge in [-0.3, -0.25) is 14.5 Å². The Hall–Kier alpha value is -2.28. The van der Waals surface area contributed by atoms with Crippen LogP contribution in [0.3, 0.4) is 0 Å². The molecule has 3 N–H and O–H groups in total. The smallest absolute Gasteiger partial charge is 0.274 e. The second-order valence-electron chi connectivity index (χ2n) is 4.27. The van der Waals surface area contributed by atoms with E-state index in [0.717, 1.165) is 12.1 Å².